The van der Waals surface area contributed by atoms with Gasteiger partial charge in [0.25, 0.3) is 6.71 Å². The molecule has 4 aliphatic rings. The largest absolute Gasteiger partial charge is 0.311 e. The fourth-order valence-corrected chi connectivity index (χ4v) is 14.3. The monoisotopic (exact) mass is 892 g/mol. The Balaban J connectivity index is 1.25. The number of nitrogens with zero attached hydrogens (tertiary/aromatic N) is 2. The van der Waals surface area contributed by atoms with Gasteiger partial charge in [-0.1, -0.05) is 143 Å². The van der Waals surface area contributed by atoms with Gasteiger partial charge in [-0.25, -0.2) is 0 Å². The van der Waals surface area contributed by atoms with E-state index in [9.17, 15) is 0 Å². The Hall–Kier alpha value is -5.58. The summed E-state index contributed by atoms with van der Waals surface area (Å²) in [5.41, 5.74) is 25.7. The molecular formula is C63H65BN2S. The average molecular weight is 893 g/mol. The van der Waals surface area contributed by atoms with Crippen LogP contribution in [-0.4, -0.2) is 6.71 Å². The van der Waals surface area contributed by atoms with E-state index in [0.717, 1.165) is 0 Å². The van der Waals surface area contributed by atoms with Gasteiger partial charge in [0.1, 0.15) is 0 Å². The van der Waals surface area contributed by atoms with Gasteiger partial charge in [0.05, 0.1) is 5.69 Å². The Morgan fingerprint density at radius 1 is 0.493 bits per heavy atom. The summed E-state index contributed by atoms with van der Waals surface area (Å²) in [6.45, 7) is 33.8. The zero-order chi connectivity index (χ0) is 47.1. The van der Waals surface area contributed by atoms with Crippen molar-refractivity contribution >= 4 is 88.7 Å². The van der Waals surface area contributed by atoms with Gasteiger partial charge < -0.3 is 9.80 Å². The molecule has 0 radical (unpaired) electrons. The van der Waals surface area contributed by atoms with Crippen LogP contribution in [0.3, 0.4) is 0 Å². The fraction of sp³-hybridized carbons (Fsp3) is 0.333. The molecule has 8 aromatic rings. The van der Waals surface area contributed by atoms with Gasteiger partial charge in [-0.05, 0) is 170 Å². The van der Waals surface area contributed by atoms with Crippen LogP contribution in [0.1, 0.15) is 145 Å². The number of anilines is 6. The first kappa shape index (κ1) is 42.8. The van der Waals surface area contributed by atoms with Crippen molar-refractivity contribution in [2.75, 3.05) is 9.80 Å². The van der Waals surface area contributed by atoms with Crippen molar-refractivity contribution in [3.63, 3.8) is 0 Å². The van der Waals surface area contributed by atoms with Crippen LogP contribution in [0.15, 0.2) is 115 Å². The summed E-state index contributed by atoms with van der Waals surface area (Å²) in [4.78, 5) is 5.41. The predicted octanol–water partition coefficient (Wildman–Crippen LogP) is 15.7. The normalized spacial score (nSPS) is 18.0. The van der Waals surface area contributed by atoms with E-state index in [1.807, 2.05) is 11.3 Å². The van der Waals surface area contributed by atoms with Gasteiger partial charge in [0.15, 0.2) is 0 Å². The molecule has 0 bridgehead atoms. The number of thiophene rings is 1. The summed E-state index contributed by atoms with van der Waals surface area (Å²) in [6, 6.07) is 46.1. The van der Waals surface area contributed by atoms with E-state index in [0.29, 0.717) is 0 Å². The molecule has 3 heterocycles. The van der Waals surface area contributed by atoms with Gasteiger partial charge in [0, 0.05) is 59.4 Å². The summed E-state index contributed by atoms with van der Waals surface area (Å²) in [5, 5.41) is 2.73. The molecule has 0 atom stereocenters. The molecule has 12 rings (SSSR count). The standard InChI is InChI=1S/C63H65BN2S/c1-36-29-52-57-53(30-36)66(49-22-18-15-19-37(49)2)58-47(24-26-55-56(58)40-32-39(59(4,5)6)23-25-54(40)67-55)64(57)48-33-45-46(63(13,14)42-21-17-16-20-41(42)62(45,11)12)35-51(48)65(52)50-34-44-43(31-38(50)3)60(7,8)27-28-61(44,9)10/h15-26,29-35H,27-28H2,1-14H3. The molecule has 0 unspecified atom stereocenters. The molecule has 4 heteroatoms. The van der Waals surface area contributed by atoms with Crippen LogP contribution in [0.2, 0.25) is 0 Å². The second-order valence-corrected chi connectivity index (χ2v) is 25.3. The van der Waals surface area contributed by atoms with E-state index in [2.05, 4.69) is 222 Å². The molecule has 0 fully saturated rings. The summed E-state index contributed by atoms with van der Waals surface area (Å²) >= 11 is 1.94. The van der Waals surface area contributed by atoms with Crippen LogP contribution in [0.4, 0.5) is 34.1 Å². The fourth-order valence-electron chi connectivity index (χ4n) is 13.2. The molecule has 7 aromatic carbocycles. The van der Waals surface area contributed by atoms with E-state index in [1.165, 1.54) is 139 Å². The molecule has 67 heavy (non-hydrogen) atoms. The van der Waals surface area contributed by atoms with Crippen molar-refractivity contribution in [1.29, 1.82) is 0 Å². The second-order valence-electron chi connectivity index (χ2n) is 24.3. The van der Waals surface area contributed by atoms with Crippen molar-refractivity contribution in [1.82, 2.24) is 0 Å². The summed E-state index contributed by atoms with van der Waals surface area (Å²) in [5.74, 6) is 0. The lowest BCUT2D eigenvalue weighted by molar-refractivity contribution is 0.332. The molecule has 0 saturated heterocycles. The molecular weight excluding hydrogens is 828 g/mol. The average Bonchev–Trinajstić information content (AvgIpc) is 3.66. The SMILES string of the molecule is Cc1cc2c3c(c1)N(c1ccccc1C)c1c(ccc4sc5ccc(C(C)(C)C)cc5c14)B3c1cc3c(cc1N2c1cc2c(cc1C)C(C)(C)CCC2(C)C)C(C)(C)c1ccccc1C3(C)C. The number of para-hydroxylation sites is 1. The molecule has 0 amide bonds. The molecule has 2 aliphatic carbocycles. The minimum Gasteiger partial charge on any atom is -0.311 e. The number of hydrogen-bond acceptors (Lipinski definition) is 3. The van der Waals surface area contributed by atoms with Crippen LogP contribution in [0.5, 0.6) is 0 Å². The highest BCUT2D eigenvalue weighted by molar-refractivity contribution is 7.26. The maximum Gasteiger partial charge on any atom is 0.252 e. The first-order valence-corrected chi connectivity index (χ1v) is 25.7. The smallest absolute Gasteiger partial charge is 0.252 e. The zero-order valence-electron chi connectivity index (χ0n) is 42.3. The first-order valence-electron chi connectivity index (χ1n) is 24.8. The highest BCUT2D eigenvalue weighted by Gasteiger charge is 2.49. The van der Waals surface area contributed by atoms with Crippen molar-refractivity contribution < 1.29 is 0 Å². The highest BCUT2D eigenvalue weighted by atomic mass is 32.1. The van der Waals surface area contributed by atoms with Crippen LogP contribution in [-0.2, 0) is 27.1 Å². The van der Waals surface area contributed by atoms with E-state index < -0.39 is 0 Å². The Labute approximate surface area is 404 Å². The quantitative estimate of drug-likeness (QED) is 0.160. The highest BCUT2D eigenvalue weighted by Crippen LogP contribution is 2.56. The zero-order valence-corrected chi connectivity index (χ0v) is 43.1. The first-order chi connectivity index (χ1) is 31.6. The number of hydrogen-bond donors (Lipinski definition) is 0. The number of fused-ring (bicyclic) bond motifs is 11. The van der Waals surface area contributed by atoms with Gasteiger partial charge in [0.2, 0.25) is 0 Å². The lowest BCUT2D eigenvalue weighted by atomic mass is 9.33. The summed E-state index contributed by atoms with van der Waals surface area (Å²) in [6.07, 6.45) is 2.37. The second kappa shape index (κ2) is 13.8. The van der Waals surface area contributed by atoms with Gasteiger partial charge in [-0.15, -0.1) is 11.3 Å². The maximum absolute atomic E-state index is 2.73. The Morgan fingerprint density at radius 3 is 1.73 bits per heavy atom. The van der Waals surface area contributed by atoms with Crippen LogP contribution in [0.25, 0.3) is 20.2 Å². The molecule has 0 N–H and O–H groups in total. The van der Waals surface area contributed by atoms with Crippen molar-refractivity contribution in [2.45, 2.75) is 137 Å². The van der Waals surface area contributed by atoms with E-state index in [1.54, 1.807) is 0 Å². The van der Waals surface area contributed by atoms with E-state index >= 15 is 0 Å². The van der Waals surface area contributed by atoms with Crippen molar-refractivity contribution in [3.05, 3.63) is 171 Å². The Bertz CT molecular complexity index is 3460. The van der Waals surface area contributed by atoms with Crippen LogP contribution < -0.4 is 26.2 Å². The minimum atomic E-state index is -0.199. The molecule has 1 aromatic heterocycles. The lowest BCUT2D eigenvalue weighted by Crippen LogP contribution is -2.62. The molecule has 2 aliphatic heterocycles. The Kier molecular flexibility index (Phi) is 8.80. The topological polar surface area (TPSA) is 6.48 Å². The molecule has 336 valence electrons. The summed E-state index contributed by atoms with van der Waals surface area (Å²) in [7, 11) is 0. The predicted molar refractivity (Wildman–Crippen MR) is 292 cm³/mol. The number of rotatable bonds is 2. The molecule has 0 spiro atoms. The maximum atomic E-state index is 2.73. The third-order valence-electron chi connectivity index (χ3n) is 17.2. The van der Waals surface area contributed by atoms with Crippen LogP contribution >= 0.6 is 11.3 Å². The third kappa shape index (κ3) is 5.87. The van der Waals surface area contributed by atoms with Gasteiger partial charge in [-0.3, -0.25) is 0 Å². The van der Waals surface area contributed by atoms with Crippen LogP contribution in [0, 0.1) is 20.8 Å². The third-order valence-corrected chi connectivity index (χ3v) is 18.3. The molecule has 0 saturated carbocycles. The van der Waals surface area contributed by atoms with Gasteiger partial charge in [-0.2, -0.15) is 0 Å². The van der Waals surface area contributed by atoms with Crippen molar-refractivity contribution in [2.24, 2.45) is 0 Å². The lowest BCUT2D eigenvalue weighted by Gasteiger charge is -2.49. The van der Waals surface area contributed by atoms with E-state index in [-0.39, 0.29) is 33.8 Å². The minimum absolute atomic E-state index is 0.00644. The van der Waals surface area contributed by atoms with E-state index in [4.69, 9.17) is 0 Å². The number of benzene rings is 7. The number of aryl methyl sites for hydroxylation is 3. The van der Waals surface area contributed by atoms with Crippen molar-refractivity contribution in [3.8, 4) is 0 Å². The van der Waals surface area contributed by atoms with Gasteiger partial charge >= 0.3 is 0 Å². The Morgan fingerprint density at radius 2 is 1.07 bits per heavy atom. The molecule has 2 nitrogen and oxygen atoms in total. The summed E-state index contributed by atoms with van der Waals surface area (Å²) < 4.78 is 2.69.